The summed E-state index contributed by atoms with van der Waals surface area (Å²) in [5, 5.41) is 10.2. The monoisotopic (exact) mass is 501 g/mol. The molecule has 1 N–H and O–H groups in total. The lowest BCUT2D eigenvalue weighted by atomic mass is 10.1. The van der Waals surface area contributed by atoms with Crippen molar-refractivity contribution in [3.63, 3.8) is 0 Å². The molecule has 10 heteroatoms. The molecule has 2 heterocycles. The highest BCUT2D eigenvalue weighted by Gasteiger charge is 2.36. The standard InChI is InChI=1S/C18H10BrCl2NO5S/c19-10-1-8(16(23)12(21)4-10)3-15-17(24)22(18(25)28-15)6-9-2-13-14(5-11(9)20)27-7-26-13/h1-5,23H,6-7H2/b15-3-. The number of aromatic hydroxyl groups is 1. The van der Waals surface area contributed by atoms with Crippen molar-refractivity contribution in [3.05, 3.63) is 54.8 Å². The SMILES string of the molecule is O=C1S/C(=C\c2cc(Br)cc(Cl)c2O)C(=O)N1Cc1cc2c(cc1Cl)OCO2. The number of phenolic OH excluding ortho intramolecular Hbond substituents is 1. The van der Waals surface area contributed by atoms with E-state index in [2.05, 4.69) is 15.9 Å². The molecule has 0 aromatic heterocycles. The van der Waals surface area contributed by atoms with Gasteiger partial charge in [0.15, 0.2) is 11.5 Å². The molecule has 0 saturated carbocycles. The van der Waals surface area contributed by atoms with E-state index in [4.69, 9.17) is 32.7 Å². The van der Waals surface area contributed by atoms with Crippen molar-refractivity contribution in [3.8, 4) is 17.2 Å². The van der Waals surface area contributed by atoms with Crippen LogP contribution in [0.2, 0.25) is 10.0 Å². The zero-order valence-electron chi connectivity index (χ0n) is 13.9. The fraction of sp³-hybridized carbons (Fsp3) is 0.111. The third-order valence-electron chi connectivity index (χ3n) is 4.09. The Labute approximate surface area is 182 Å². The first kappa shape index (κ1) is 19.4. The first-order chi connectivity index (χ1) is 13.3. The number of carbonyl (C=O) groups is 2. The second kappa shape index (κ2) is 7.51. The van der Waals surface area contributed by atoms with Crippen LogP contribution in [0.4, 0.5) is 4.79 Å². The molecule has 2 aromatic carbocycles. The molecule has 0 aliphatic carbocycles. The van der Waals surface area contributed by atoms with Crippen LogP contribution in [0, 0.1) is 0 Å². The van der Waals surface area contributed by atoms with E-state index in [1.165, 1.54) is 12.1 Å². The molecule has 0 bridgehead atoms. The van der Waals surface area contributed by atoms with Gasteiger partial charge in [0.05, 0.1) is 16.5 Å². The molecule has 2 aliphatic rings. The Balaban J connectivity index is 1.62. The Morgan fingerprint density at radius 3 is 2.61 bits per heavy atom. The lowest BCUT2D eigenvalue weighted by Crippen LogP contribution is -2.27. The number of amides is 2. The number of carbonyl (C=O) groups excluding carboxylic acids is 2. The van der Waals surface area contributed by atoms with Gasteiger partial charge in [-0.3, -0.25) is 14.5 Å². The van der Waals surface area contributed by atoms with E-state index in [0.29, 0.717) is 32.1 Å². The minimum Gasteiger partial charge on any atom is -0.506 e. The average molecular weight is 503 g/mol. The van der Waals surface area contributed by atoms with Crippen molar-refractivity contribution in [1.29, 1.82) is 0 Å². The van der Waals surface area contributed by atoms with E-state index in [9.17, 15) is 14.7 Å². The number of hydrogen-bond donors (Lipinski definition) is 1. The number of fused-ring (bicyclic) bond motifs is 1. The summed E-state index contributed by atoms with van der Waals surface area (Å²) in [6, 6.07) is 6.37. The summed E-state index contributed by atoms with van der Waals surface area (Å²) in [6.45, 7) is 0.0841. The van der Waals surface area contributed by atoms with Gasteiger partial charge >= 0.3 is 0 Å². The van der Waals surface area contributed by atoms with Gasteiger partial charge in [-0.05, 0) is 41.6 Å². The summed E-state index contributed by atoms with van der Waals surface area (Å²) in [5.74, 6) is 0.370. The Morgan fingerprint density at radius 1 is 1.14 bits per heavy atom. The van der Waals surface area contributed by atoms with Crippen LogP contribution in [0.1, 0.15) is 11.1 Å². The van der Waals surface area contributed by atoms with E-state index in [1.807, 2.05) is 0 Å². The Bertz CT molecular complexity index is 1060. The zero-order valence-corrected chi connectivity index (χ0v) is 17.8. The third-order valence-corrected chi connectivity index (χ3v) is 6.09. The van der Waals surface area contributed by atoms with Crippen LogP contribution in [-0.2, 0) is 11.3 Å². The van der Waals surface area contributed by atoms with E-state index >= 15 is 0 Å². The van der Waals surface area contributed by atoms with Crippen LogP contribution in [0.25, 0.3) is 6.08 Å². The lowest BCUT2D eigenvalue weighted by Gasteiger charge is -2.14. The van der Waals surface area contributed by atoms with Gasteiger partial charge in [-0.25, -0.2) is 0 Å². The molecule has 4 rings (SSSR count). The fourth-order valence-corrected chi connectivity index (χ4v) is 4.60. The zero-order chi connectivity index (χ0) is 20.0. The van der Waals surface area contributed by atoms with Crippen molar-refractivity contribution in [2.24, 2.45) is 0 Å². The molecule has 2 aromatic rings. The number of phenols is 1. The van der Waals surface area contributed by atoms with Crippen LogP contribution < -0.4 is 9.47 Å². The highest BCUT2D eigenvalue weighted by Crippen LogP contribution is 2.40. The van der Waals surface area contributed by atoms with Gasteiger partial charge in [-0.2, -0.15) is 0 Å². The highest BCUT2D eigenvalue weighted by molar-refractivity contribution is 9.10. The van der Waals surface area contributed by atoms with Crippen LogP contribution in [-0.4, -0.2) is 27.9 Å². The fourth-order valence-electron chi connectivity index (χ4n) is 2.72. The summed E-state index contributed by atoms with van der Waals surface area (Å²) in [7, 11) is 0. The molecular weight excluding hydrogens is 493 g/mol. The van der Waals surface area contributed by atoms with Gasteiger partial charge in [-0.15, -0.1) is 0 Å². The predicted molar refractivity (Wildman–Crippen MR) is 110 cm³/mol. The smallest absolute Gasteiger partial charge is 0.293 e. The van der Waals surface area contributed by atoms with Gasteiger partial charge in [0, 0.05) is 21.1 Å². The summed E-state index contributed by atoms with van der Waals surface area (Å²) < 4.78 is 11.2. The topological polar surface area (TPSA) is 76.1 Å². The second-order valence-corrected chi connectivity index (χ2v) is 8.61. The van der Waals surface area contributed by atoms with Crippen LogP contribution in [0.5, 0.6) is 17.2 Å². The van der Waals surface area contributed by atoms with Crippen molar-refractivity contribution in [1.82, 2.24) is 4.90 Å². The second-order valence-electron chi connectivity index (χ2n) is 5.89. The Morgan fingerprint density at radius 2 is 1.86 bits per heavy atom. The maximum atomic E-state index is 12.7. The molecule has 6 nitrogen and oxygen atoms in total. The highest BCUT2D eigenvalue weighted by atomic mass is 79.9. The van der Waals surface area contributed by atoms with Crippen molar-refractivity contribution < 1.29 is 24.2 Å². The van der Waals surface area contributed by atoms with Gasteiger partial charge in [-0.1, -0.05) is 39.1 Å². The quantitative estimate of drug-likeness (QED) is 0.564. The Kier molecular flexibility index (Phi) is 5.22. The molecule has 0 radical (unpaired) electrons. The number of benzene rings is 2. The molecule has 144 valence electrons. The minimum atomic E-state index is -0.487. The maximum Gasteiger partial charge on any atom is 0.293 e. The third kappa shape index (κ3) is 3.57. The van der Waals surface area contributed by atoms with E-state index in [1.54, 1.807) is 18.2 Å². The number of rotatable bonds is 3. The van der Waals surface area contributed by atoms with Crippen LogP contribution in [0.3, 0.4) is 0 Å². The van der Waals surface area contributed by atoms with Gasteiger partial charge in [0.1, 0.15) is 5.75 Å². The summed E-state index contributed by atoms with van der Waals surface area (Å²) in [4.78, 5) is 26.4. The molecule has 1 fully saturated rings. The number of ether oxygens (including phenoxy) is 2. The first-order valence-electron chi connectivity index (χ1n) is 7.85. The largest absolute Gasteiger partial charge is 0.506 e. The van der Waals surface area contributed by atoms with Crippen molar-refractivity contribution >= 4 is 68.1 Å². The van der Waals surface area contributed by atoms with Gasteiger partial charge in [0.2, 0.25) is 6.79 Å². The number of imide groups is 1. The number of nitrogens with zero attached hydrogens (tertiary/aromatic N) is 1. The summed E-state index contributed by atoms with van der Waals surface area (Å²) in [6.07, 6.45) is 1.43. The number of hydrogen-bond acceptors (Lipinski definition) is 6. The molecule has 28 heavy (non-hydrogen) atoms. The summed E-state index contributed by atoms with van der Waals surface area (Å²) >= 11 is 16.3. The molecular formula is C18H10BrCl2NO5S. The first-order valence-corrected chi connectivity index (χ1v) is 10.2. The van der Waals surface area contributed by atoms with E-state index < -0.39 is 11.1 Å². The predicted octanol–water partition coefficient (Wildman–Crippen LogP) is 5.43. The number of halogens is 3. The molecule has 1 saturated heterocycles. The minimum absolute atomic E-state index is 0.0112. The summed E-state index contributed by atoms with van der Waals surface area (Å²) in [5.41, 5.74) is 0.883. The maximum absolute atomic E-state index is 12.7. The van der Waals surface area contributed by atoms with Crippen molar-refractivity contribution in [2.45, 2.75) is 6.54 Å². The average Bonchev–Trinajstić information content (AvgIpc) is 3.18. The van der Waals surface area contributed by atoms with Crippen LogP contribution in [0.15, 0.2) is 33.6 Å². The Hall–Kier alpha value is -1.87. The van der Waals surface area contributed by atoms with E-state index in [-0.39, 0.29) is 29.0 Å². The molecule has 2 aliphatic heterocycles. The van der Waals surface area contributed by atoms with Gasteiger partial charge in [0.25, 0.3) is 11.1 Å². The van der Waals surface area contributed by atoms with Gasteiger partial charge < -0.3 is 14.6 Å². The van der Waals surface area contributed by atoms with Crippen molar-refractivity contribution in [2.75, 3.05) is 6.79 Å². The number of thioether (sulfide) groups is 1. The molecule has 0 spiro atoms. The normalized spacial score (nSPS) is 17.1. The lowest BCUT2D eigenvalue weighted by molar-refractivity contribution is -0.123. The molecule has 0 unspecified atom stereocenters. The molecule has 2 amide bonds. The molecule has 0 atom stereocenters. The van der Waals surface area contributed by atoms with Crippen LogP contribution >= 0.6 is 50.9 Å². The van der Waals surface area contributed by atoms with E-state index in [0.717, 1.165) is 16.7 Å².